The van der Waals surface area contributed by atoms with Crippen molar-refractivity contribution in [2.45, 2.75) is 13.5 Å². The Kier molecular flexibility index (Phi) is 3.27. The zero-order chi connectivity index (χ0) is 14.8. The van der Waals surface area contributed by atoms with E-state index in [0.29, 0.717) is 5.69 Å². The van der Waals surface area contributed by atoms with Crippen molar-refractivity contribution < 1.29 is 14.1 Å². The average molecular weight is 283 g/mol. The van der Waals surface area contributed by atoms with Gasteiger partial charge in [0.15, 0.2) is 0 Å². The lowest BCUT2D eigenvalue weighted by Gasteiger charge is -2.07. The van der Waals surface area contributed by atoms with Crippen molar-refractivity contribution in [1.82, 2.24) is 10.1 Å². The second-order valence-corrected chi connectivity index (χ2v) is 4.58. The monoisotopic (exact) mass is 283 g/mol. The number of fused-ring (bicyclic) bond motifs is 1. The second-order valence-electron chi connectivity index (χ2n) is 4.58. The first-order valence-corrected chi connectivity index (χ1v) is 6.38. The van der Waals surface area contributed by atoms with Crippen LogP contribution in [0.5, 0.6) is 0 Å². The number of nitrogens with two attached hydrogens (primary N) is 1. The van der Waals surface area contributed by atoms with Crippen LogP contribution in [0.15, 0.2) is 41.1 Å². The molecule has 21 heavy (non-hydrogen) atoms. The van der Waals surface area contributed by atoms with Gasteiger partial charge in [0, 0.05) is 17.1 Å². The molecule has 6 heteroatoms. The van der Waals surface area contributed by atoms with Gasteiger partial charge in [-0.2, -0.15) is 0 Å². The van der Waals surface area contributed by atoms with Crippen LogP contribution in [0.4, 0.5) is 5.88 Å². The predicted molar refractivity (Wildman–Crippen MR) is 76.5 cm³/mol. The number of nitrogen functional groups attached to an aromatic ring is 1. The first kappa shape index (κ1) is 13.1. The second kappa shape index (κ2) is 5.24. The van der Waals surface area contributed by atoms with E-state index in [9.17, 15) is 4.79 Å². The number of carbonyl (C=O) groups is 1. The zero-order valence-electron chi connectivity index (χ0n) is 11.4. The van der Waals surface area contributed by atoms with Gasteiger partial charge in [-0.15, -0.1) is 0 Å². The Hall–Kier alpha value is -2.89. The molecular formula is C15H13N3O3. The Balaban J connectivity index is 1.83. The summed E-state index contributed by atoms with van der Waals surface area (Å²) in [6.07, 6.45) is 1.70. The van der Waals surface area contributed by atoms with Gasteiger partial charge < -0.3 is 15.0 Å². The predicted octanol–water partition coefficient (Wildman–Crippen LogP) is 2.47. The van der Waals surface area contributed by atoms with E-state index in [-0.39, 0.29) is 18.1 Å². The van der Waals surface area contributed by atoms with Gasteiger partial charge in [0.1, 0.15) is 12.2 Å². The molecule has 0 unspecified atom stereocenters. The Bertz CT molecular complexity index is 786. The third kappa shape index (κ3) is 2.43. The van der Waals surface area contributed by atoms with Gasteiger partial charge >= 0.3 is 5.97 Å². The number of esters is 1. The Morgan fingerprint density at radius 3 is 2.90 bits per heavy atom. The molecule has 0 radical (unpaired) electrons. The first-order valence-electron chi connectivity index (χ1n) is 6.38. The lowest BCUT2D eigenvalue weighted by atomic mass is 10.1. The van der Waals surface area contributed by atoms with Crippen molar-refractivity contribution in [3.05, 3.63) is 53.3 Å². The number of aromatic nitrogens is 2. The molecule has 2 aromatic heterocycles. The SMILES string of the molecule is Cc1noc(N)c1C(=O)OCc1cccc2cccnc12. The minimum atomic E-state index is -0.556. The van der Waals surface area contributed by atoms with Crippen LogP contribution in [0.25, 0.3) is 10.9 Å². The Labute approximate surface area is 120 Å². The number of nitrogens with zero attached hydrogens (tertiary/aromatic N) is 2. The summed E-state index contributed by atoms with van der Waals surface area (Å²) in [5.74, 6) is -0.590. The number of hydrogen-bond donors (Lipinski definition) is 1. The molecule has 0 spiro atoms. The largest absolute Gasteiger partial charge is 0.457 e. The van der Waals surface area contributed by atoms with Crippen LogP contribution in [0.1, 0.15) is 21.6 Å². The topological polar surface area (TPSA) is 91.2 Å². The van der Waals surface area contributed by atoms with E-state index in [2.05, 4.69) is 10.1 Å². The highest BCUT2D eigenvalue weighted by Gasteiger charge is 2.20. The van der Waals surface area contributed by atoms with E-state index < -0.39 is 5.97 Å². The standard InChI is InChI=1S/C15H13N3O3/c1-9-12(14(16)21-18-9)15(19)20-8-11-5-2-4-10-6-3-7-17-13(10)11/h2-7H,8,16H2,1H3. The van der Waals surface area contributed by atoms with E-state index in [1.807, 2.05) is 30.3 Å². The number of aryl methyl sites for hydroxylation is 1. The minimum absolute atomic E-state index is 0.0338. The minimum Gasteiger partial charge on any atom is -0.457 e. The molecule has 3 aromatic rings. The number of rotatable bonds is 3. The molecule has 2 N–H and O–H groups in total. The molecule has 0 amide bonds. The third-order valence-corrected chi connectivity index (χ3v) is 3.17. The fourth-order valence-electron chi connectivity index (χ4n) is 2.13. The highest BCUT2D eigenvalue weighted by atomic mass is 16.5. The summed E-state index contributed by atoms with van der Waals surface area (Å²) in [5.41, 5.74) is 7.78. The van der Waals surface area contributed by atoms with Crippen LogP contribution >= 0.6 is 0 Å². The normalized spacial score (nSPS) is 10.7. The number of ether oxygens (including phenoxy) is 1. The molecule has 0 saturated carbocycles. The van der Waals surface area contributed by atoms with Gasteiger partial charge in [0.2, 0.25) is 5.88 Å². The maximum Gasteiger partial charge on any atom is 0.346 e. The summed E-state index contributed by atoms with van der Waals surface area (Å²) in [6.45, 7) is 1.74. The van der Waals surface area contributed by atoms with Crippen LogP contribution < -0.4 is 5.73 Å². The van der Waals surface area contributed by atoms with Crippen LogP contribution in [-0.4, -0.2) is 16.1 Å². The molecule has 6 nitrogen and oxygen atoms in total. The van der Waals surface area contributed by atoms with Gasteiger partial charge in [0.05, 0.1) is 11.2 Å². The summed E-state index contributed by atoms with van der Waals surface area (Å²) >= 11 is 0. The van der Waals surface area contributed by atoms with E-state index in [4.69, 9.17) is 15.0 Å². The van der Waals surface area contributed by atoms with Crippen LogP contribution in [0.3, 0.4) is 0 Å². The van der Waals surface area contributed by atoms with Crippen molar-refractivity contribution in [3.63, 3.8) is 0 Å². The van der Waals surface area contributed by atoms with Crippen molar-refractivity contribution in [2.75, 3.05) is 5.73 Å². The van der Waals surface area contributed by atoms with E-state index in [1.165, 1.54) is 0 Å². The molecule has 2 heterocycles. The van der Waals surface area contributed by atoms with Crippen LogP contribution in [0, 0.1) is 6.92 Å². The molecule has 3 rings (SSSR count). The van der Waals surface area contributed by atoms with Crippen LogP contribution in [0.2, 0.25) is 0 Å². The molecule has 106 valence electrons. The third-order valence-electron chi connectivity index (χ3n) is 3.17. The fourth-order valence-corrected chi connectivity index (χ4v) is 2.13. The number of pyridine rings is 1. The average Bonchev–Trinajstić information content (AvgIpc) is 2.84. The van der Waals surface area contributed by atoms with E-state index >= 15 is 0 Å². The van der Waals surface area contributed by atoms with Gasteiger partial charge in [0.25, 0.3) is 0 Å². The maximum atomic E-state index is 12.0. The molecule has 0 aliphatic carbocycles. The van der Waals surface area contributed by atoms with Gasteiger partial charge in [-0.05, 0) is 13.0 Å². The number of para-hydroxylation sites is 1. The number of carbonyl (C=O) groups excluding carboxylic acids is 1. The maximum absolute atomic E-state index is 12.0. The summed E-state index contributed by atoms with van der Waals surface area (Å²) in [4.78, 5) is 16.3. The van der Waals surface area contributed by atoms with Crippen molar-refractivity contribution in [1.29, 1.82) is 0 Å². The smallest absolute Gasteiger partial charge is 0.346 e. The quantitative estimate of drug-likeness (QED) is 0.742. The molecule has 0 bridgehead atoms. The molecule has 0 aliphatic heterocycles. The van der Waals surface area contributed by atoms with Gasteiger partial charge in [-0.3, -0.25) is 4.98 Å². The summed E-state index contributed by atoms with van der Waals surface area (Å²) < 4.78 is 10.0. The van der Waals surface area contributed by atoms with Crippen molar-refractivity contribution >= 4 is 22.8 Å². The summed E-state index contributed by atoms with van der Waals surface area (Å²) in [7, 11) is 0. The van der Waals surface area contributed by atoms with E-state index in [1.54, 1.807) is 13.1 Å². The summed E-state index contributed by atoms with van der Waals surface area (Å²) in [5, 5.41) is 4.62. The van der Waals surface area contributed by atoms with Crippen molar-refractivity contribution in [3.8, 4) is 0 Å². The number of benzene rings is 1. The number of anilines is 1. The molecule has 1 aromatic carbocycles. The lowest BCUT2D eigenvalue weighted by molar-refractivity contribution is 0.0474. The fraction of sp³-hybridized carbons (Fsp3) is 0.133. The first-order chi connectivity index (χ1) is 10.2. The Morgan fingerprint density at radius 1 is 1.33 bits per heavy atom. The lowest BCUT2D eigenvalue weighted by Crippen LogP contribution is -2.08. The molecular weight excluding hydrogens is 270 g/mol. The molecule has 0 fully saturated rings. The summed E-state index contributed by atoms with van der Waals surface area (Å²) in [6, 6.07) is 9.53. The molecule has 0 atom stereocenters. The highest BCUT2D eigenvalue weighted by molar-refractivity contribution is 5.95. The molecule has 0 saturated heterocycles. The molecule has 0 aliphatic rings. The highest BCUT2D eigenvalue weighted by Crippen LogP contribution is 2.20. The zero-order valence-corrected chi connectivity index (χ0v) is 11.4. The number of hydrogen-bond acceptors (Lipinski definition) is 6. The van der Waals surface area contributed by atoms with E-state index in [0.717, 1.165) is 16.5 Å². The van der Waals surface area contributed by atoms with Crippen molar-refractivity contribution in [2.24, 2.45) is 0 Å². The van der Waals surface area contributed by atoms with Gasteiger partial charge in [-0.1, -0.05) is 29.4 Å². The van der Waals surface area contributed by atoms with Gasteiger partial charge in [-0.25, -0.2) is 4.79 Å². The Morgan fingerprint density at radius 2 is 2.14 bits per heavy atom. The van der Waals surface area contributed by atoms with Crippen LogP contribution in [-0.2, 0) is 11.3 Å².